The number of hydrogen-bond donors (Lipinski definition) is 1. The molecule has 0 amide bonds. The minimum absolute atomic E-state index is 0.0595. The van der Waals surface area contributed by atoms with Crippen molar-refractivity contribution < 1.29 is 14.0 Å². The Hall–Kier alpha value is -2.08. The molecule has 1 aromatic heterocycles. The summed E-state index contributed by atoms with van der Waals surface area (Å²) < 4.78 is 16.9. The third kappa shape index (κ3) is 2.57. The van der Waals surface area contributed by atoms with Gasteiger partial charge in [-0.05, 0) is 56.4 Å². The molecule has 1 fully saturated rings. The van der Waals surface area contributed by atoms with Crippen LogP contribution in [0.15, 0.2) is 22.7 Å². The summed E-state index contributed by atoms with van der Waals surface area (Å²) in [4.78, 5) is 4.55. The smallest absolute Gasteiger partial charge is 0.233 e. The van der Waals surface area contributed by atoms with E-state index in [2.05, 4.69) is 10.1 Å². The Kier molecular flexibility index (Phi) is 3.49. The third-order valence-corrected chi connectivity index (χ3v) is 4.73. The van der Waals surface area contributed by atoms with E-state index in [1.165, 1.54) is 0 Å². The second kappa shape index (κ2) is 5.53. The van der Waals surface area contributed by atoms with E-state index in [9.17, 15) is 0 Å². The highest BCUT2D eigenvalue weighted by Crippen LogP contribution is 2.38. The van der Waals surface area contributed by atoms with Gasteiger partial charge in [0.25, 0.3) is 0 Å². The van der Waals surface area contributed by atoms with Crippen LogP contribution in [0.5, 0.6) is 11.5 Å². The zero-order chi connectivity index (χ0) is 15.9. The summed E-state index contributed by atoms with van der Waals surface area (Å²) >= 11 is 0. The van der Waals surface area contributed by atoms with Gasteiger partial charge in [-0.15, -0.1) is 0 Å². The monoisotopic (exact) mass is 315 g/mol. The van der Waals surface area contributed by atoms with Gasteiger partial charge in [0, 0.05) is 0 Å². The van der Waals surface area contributed by atoms with Crippen molar-refractivity contribution in [1.29, 1.82) is 0 Å². The van der Waals surface area contributed by atoms with Gasteiger partial charge in [-0.1, -0.05) is 5.16 Å². The molecule has 0 radical (unpaired) electrons. The standard InChI is InChI=1S/C17H21N3O3/c1-2-21-13-4-5-14-11(9-13)8-12(10-22-14)15-19-16(20-23-15)17(18)6-3-7-17/h4-5,9,12H,2-3,6-8,10,18H2,1H3. The lowest BCUT2D eigenvalue weighted by atomic mass is 9.77. The summed E-state index contributed by atoms with van der Waals surface area (Å²) in [7, 11) is 0. The van der Waals surface area contributed by atoms with Crippen LogP contribution in [-0.4, -0.2) is 23.4 Å². The third-order valence-electron chi connectivity index (χ3n) is 4.73. The molecule has 0 saturated heterocycles. The summed E-state index contributed by atoms with van der Waals surface area (Å²) in [6, 6.07) is 5.92. The molecule has 1 atom stereocenters. The van der Waals surface area contributed by atoms with Crippen LogP contribution in [0, 0.1) is 0 Å². The van der Waals surface area contributed by atoms with Crippen LogP contribution in [0.2, 0.25) is 0 Å². The normalized spacial score (nSPS) is 21.9. The molecule has 6 nitrogen and oxygen atoms in total. The molecule has 1 aliphatic carbocycles. The average molecular weight is 315 g/mol. The average Bonchev–Trinajstić information content (AvgIpc) is 3.02. The second-order valence-corrected chi connectivity index (χ2v) is 6.38. The first kappa shape index (κ1) is 14.5. The van der Waals surface area contributed by atoms with E-state index in [1.54, 1.807) is 0 Å². The zero-order valence-electron chi connectivity index (χ0n) is 13.2. The molecular formula is C17H21N3O3. The molecule has 6 heteroatoms. The molecule has 2 N–H and O–H groups in total. The molecule has 4 rings (SSSR count). The molecule has 2 heterocycles. The highest BCUT2D eigenvalue weighted by molar-refractivity contribution is 5.42. The zero-order valence-corrected chi connectivity index (χ0v) is 13.2. The van der Waals surface area contributed by atoms with E-state index in [-0.39, 0.29) is 5.92 Å². The number of hydrogen-bond acceptors (Lipinski definition) is 6. The first-order valence-electron chi connectivity index (χ1n) is 8.19. The van der Waals surface area contributed by atoms with Gasteiger partial charge in [0.2, 0.25) is 5.89 Å². The number of aromatic nitrogens is 2. The minimum atomic E-state index is -0.392. The topological polar surface area (TPSA) is 83.4 Å². The van der Waals surface area contributed by atoms with Gasteiger partial charge in [-0.25, -0.2) is 0 Å². The molecule has 0 bridgehead atoms. The van der Waals surface area contributed by atoms with Crippen LogP contribution in [0.3, 0.4) is 0 Å². The van der Waals surface area contributed by atoms with Crippen molar-refractivity contribution in [2.24, 2.45) is 5.73 Å². The van der Waals surface area contributed by atoms with Crippen LogP contribution in [0.4, 0.5) is 0 Å². The van der Waals surface area contributed by atoms with Gasteiger partial charge in [0.15, 0.2) is 5.82 Å². The van der Waals surface area contributed by atoms with Gasteiger partial charge in [-0.3, -0.25) is 0 Å². The lowest BCUT2D eigenvalue weighted by Crippen LogP contribution is -2.44. The summed E-state index contributed by atoms with van der Waals surface area (Å²) in [6.45, 7) is 3.16. The summed E-state index contributed by atoms with van der Waals surface area (Å²) in [5.74, 6) is 3.07. The van der Waals surface area contributed by atoms with E-state index in [4.69, 9.17) is 19.7 Å². The lowest BCUT2D eigenvalue weighted by Gasteiger charge is -2.34. The summed E-state index contributed by atoms with van der Waals surface area (Å²) in [5, 5.41) is 4.10. The van der Waals surface area contributed by atoms with E-state index in [0.29, 0.717) is 24.9 Å². The van der Waals surface area contributed by atoms with E-state index in [0.717, 1.165) is 42.7 Å². The van der Waals surface area contributed by atoms with Crippen molar-refractivity contribution in [3.63, 3.8) is 0 Å². The van der Waals surface area contributed by atoms with Gasteiger partial charge in [0.05, 0.1) is 18.1 Å². The molecular weight excluding hydrogens is 294 g/mol. The van der Waals surface area contributed by atoms with Crippen molar-refractivity contribution in [3.05, 3.63) is 35.5 Å². The first-order chi connectivity index (χ1) is 11.2. The molecule has 1 aliphatic heterocycles. The Bertz CT molecular complexity index is 709. The molecule has 2 aliphatic rings. The number of nitrogens with zero attached hydrogens (tertiary/aromatic N) is 2. The predicted octanol–water partition coefficient (Wildman–Crippen LogP) is 2.52. The van der Waals surface area contributed by atoms with Crippen LogP contribution < -0.4 is 15.2 Å². The molecule has 122 valence electrons. The highest BCUT2D eigenvalue weighted by Gasteiger charge is 2.40. The van der Waals surface area contributed by atoms with Gasteiger partial charge >= 0.3 is 0 Å². The quantitative estimate of drug-likeness (QED) is 0.933. The fourth-order valence-electron chi connectivity index (χ4n) is 3.17. The predicted molar refractivity (Wildman–Crippen MR) is 83.6 cm³/mol. The summed E-state index contributed by atoms with van der Waals surface area (Å²) in [6.07, 6.45) is 3.78. The number of benzene rings is 1. The molecule has 1 saturated carbocycles. The Morgan fingerprint density at radius 3 is 3.00 bits per heavy atom. The van der Waals surface area contributed by atoms with Gasteiger partial charge in [-0.2, -0.15) is 4.98 Å². The maximum Gasteiger partial charge on any atom is 0.233 e. The maximum absolute atomic E-state index is 6.26. The molecule has 2 aromatic rings. The minimum Gasteiger partial charge on any atom is -0.494 e. The van der Waals surface area contributed by atoms with Crippen molar-refractivity contribution in [2.45, 2.75) is 44.1 Å². The van der Waals surface area contributed by atoms with Crippen molar-refractivity contribution in [3.8, 4) is 11.5 Å². The number of rotatable bonds is 4. The van der Waals surface area contributed by atoms with Gasteiger partial charge < -0.3 is 19.7 Å². The Balaban J connectivity index is 1.54. The second-order valence-electron chi connectivity index (χ2n) is 6.38. The Labute approximate surface area is 135 Å². The van der Waals surface area contributed by atoms with E-state index >= 15 is 0 Å². The molecule has 1 unspecified atom stereocenters. The van der Waals surface area contributed by atoms with E-state index in [1.807, 2.05) is 25.1 Å². The fourth-order valence-corrected chi connectivity index (χ4v) is 3.17. The molecule has 0 spiro atoms. The largest absolute Gasteiger partial charge is 0.494 e. The fraction of sp³-hybridized carbons (Fsp3) is 0.529. The van der Waals surface area contributed by atoms with E-state index < -0.39 is 5.54 Å². The Morgan fingerprint density at radius 2 is 2.26 bits per heavy atom. The lowest BCUT2D eigenvalue weighted by molar-refractivity contribution is 0.220. The highest BCUT2D eigenvalue weighted by atomic mass is 16.5. The van der Waals surface area contributed by atoms with Crippen LogP contribution in [0.1, 0.15) is 49.4 Å². The summed E-state index contributed by atoms with van der Waals surface area (Å²) in [5.41, 5.74) is 6.98. The first-order valence-corrected chi connectivity index (χ1v) is 8.19. The number of fused-ring (bicyclic) bond motifs is 1. The molecule has 23 heavy (non-hydrogen) atoms. The number of ether oxygens (including phenoxy) is 2. The van der Waals surface area contributed by atoms with Crippen LogP contribution in [-0.2, 0) is 12.0 Å². The van der Waals surface area contributed by atoms with Crippen LogP contribution >= 0.6 is 0 Å². The SMILES string of the molecule is CCOc1ccc2c(c1)CC(c1nc(C3(N)CCC3)no1)CO2. The maximum atomic E-state index is 6.26. The van der Waals surface area contributed by atoms with Gasteiger partial charge in [0.1, 0.15) is 18.1 Å². The Morgan fingerprint density at radius 1 is 1.39 bits per heavy atom. The number of nitrogens with two attached hydrogens (primary N) is 1. The molecule has 1 aromatic carbocycles. The van der Waals surface area contributed by atoms with Crippen molar-refractivity contribution >= 4 is 0 Å². The van der Waals surface area contributed by atoms with Crippen molar-refractivity contribution in [2.75, 3.05) is 13.2 Å². The van der Waals surface area contributed by atoms with Crippen molar-refractivity contribution in [1.82, 2.24) is 10.1 Å². The van der Waals surface area contributed by atoms with Crippen LogP contribution in [0.25, 0.3) is 0 Å².